The Labute approximate surface area is 141 Å². The standard InChI is InChI=1S/C17H23N3O2S/c1-5-9-15(16(21)22-6-2)23-17-19-18-13(4)20(17)14-11-8-7-10-12(14)3/h7-8,10-11,15H,5-6,9H2,1-4H3. The second-order valence-corrected chi connectivity index (χ2v) is 6.47. The summed E-state index contributed by atoms with van der Waals surface area (Å²) in [5.74, 6) is 0.622. The van der Waals surface area contributed by atoms with Crippen LogP contribution in [0.5, 0.6) is 0 Å². The van der Waals surface area contributed by atoms with Crippen molar-refractivity contribution < 1.29 is 9.53 Å². The molecule has 1 unspecified atom stereocenters. The number of para-hydroxylation sites is 1. The summed E-state index contributed by atoms with van der Waals surface area (Å²) in [6.45, 7) is 8.25. The highest BCUT2D eigenvalue weighted by Gasteiger charge is 2.24. The van der Waals surface area contributed by atoms with Crippen molar-refractivity contribution >= 4 is 17.7 Å². The van der Waals surface area contributed by atoms with Gasteiger partial charge in [0.15, 0.2) is 5.16 Å². The predicted molar refractivity (Wildman–Crippen MR) is 92.0 cm³/mol. The molecule has 0 spiro atoms. The van der Waals surface area contributed by atoms with E-state index >= 15 is 0 Å². The molecule has 6 heteroatoms. The van der Waals surface area contributed by atoms with Gasteiger partial charge >= 0.3 is 5.97 Å². The minimum absolute atomic E-state index is 0.184. The summed E-state index contributed by atoms with van der Waals surface area (Å²) in [4.78, 5) is 12.2. The number of ether oxygens (including phenoxy) is 1. The quantitative estimate of drug-likeness (QED) is 0.571. The zero-order chi connectivity index (χ0) is 16.8. The number of benzene rings is 1. The molecule has 2 aromatic rings. The number of nitrogens with zero attached hydrogens (tertiary/aromatic N) is 3. The largest absolute Gasteiger partial charge is 0.465 e. The summed E-state index contributed by atoms with van der Waals surface area (Å²) < 4.78 is 7.19. The predicted octanol–water partition coefficient (Wildman–Crippen LogP) is 3.71. The first kappa shape index (κ1) is 17.5. The first-order chi connectivity index (χ1) is 11.1. The van der Waals surface area contributed by atoms with E-state index in [1.807, 2.05) is 36.6 Å². The third kappa shape index (κ3) is 4.13. The Kier molecular flexibility index (Phi) is 6.21. The van der Waals surface area contributed by atoms with Gasteiger partial charge in [0.2, 0.25) is 0 Å². The molecule has 0 amide bonds. The minimum Gasteiger partial charge on any atom is -0.465 e. The van der Waals surface area contributed by atoms with E-state index in [9.17, 15) is 4.79 Å². The number of carbonyl (C=O) groups excluding carboxylic acids is 1. The van der Waals surface area contributed by atoms with Gasteiger partial charge in [-0.15, -0.1) is 10.2 Å². The number of aryl methyl sites for hydroxylation is 2. The molecule has 0 saturated heterocycles. The SMILES string of the molecule is CCCC(Sc1nnc(C)n1-c1ccccc1C)C(=O)OCC. The average Bonchev–Trinajstić information content (AvgIpc) is 2.88. The van der Waals surface area contributed by atoms with Crippen LogP contribution in [0.15, 0.2) is 29.4 Å². The van der Waals surface area contributed by atoms with E-state index < -0.39 is 0 Å². The first-order valence-corrected chi connectivity index (χ1v) is 8.77. The van der Waals surface area contributed by atoms with Crippen molar-refractivity contribution in [1.29, 1.82) is 0 Å². The van der Waals surface area contributed by atoms with Crippen LogP contribution in [0.1, 0.15) is 38.1 Å². The Bertz CT molecular complexity index is 670. The van der Waals surface area contributed by atoms with Gasteiger partial charge in [-0.2, -0.15) is 0 Å². The zero-order valence-corrected chi connectivity index (χ0v) is 14.9. The molecule has 23 heavy (non-hydrogen) atoms. The van der Waals surface area contributed by atoms with Crippen molar-refractivity contribution in [3.05, 3.63) is 35.7 Å². The van der Waals surface area contributed by atoms with Crippen LogP contribution < -0.4 is 0 Å². The normalized spacial score (nSPS) is 12.2. The molecule has 0 aliphatic carbocycles. The number of rotatable bonds is 7. The van der Waals surface area contributed by atoms with Crippen LogP contribution in [-0.2, 0) is 9.53 Å². The van der Waals surface area contributed by atoms with Crippen molar-refractivity contribution in [1.82, 2.24) is 14.8 Å². The maximum Gasteiger partial charge on any atom is 0.319 e. The molecular formula is C17H23N3O2S. The second kappa shape index (κ2) is 8.15. The summed E-state index contributed by atoms with van der Waals surface area (Å²) >= 11 is 1.43. The lowest BCUT2D eigenvalue weighted by Crippen LogP contribution is -2.21. The van der Waals surface area contributed by atoms with Gasteiger partial charge in [0.05, 0.1) is 12.3 Å². The molecule has 0 bridgehead atoms. The molecule has 1 aromatic carbocycles. The summed E-state index contributed by atoms with van der Waals surface area (Å²) in [7, 11) is 0. The van der Waals surface area contributed by atoms with Gasteiger partial charge in [-0.25, -0.2) is 0 Å². The summed E-state index contributed by atoms with van der Waals surface area (Å²) in [6.07, 6.45) is 1.66. The molecule has 1 aromatic heterocycles. The highest BCUT2D eigenvalue weighted by Crippen LogP contribution is 2.29. The number of carbonyl (C=O) groups is 1. The third-order valence-corrected chi connectivity index (χ3v) is 4.69. The lowest BCUT2D eigenvalue weighted by molar-refractivity contribution is -0.142. The molecule has 0 N–H and O–H groups in total. The molecule has 0 radical (unpaired) electrons. The van der Waals surface area contributed by atoms with Crippen molar-refractivity contribution in [2.45, 2.75) is 50.9 Å². The highest BCUT2D eigenvalue weighted by molar-refractivity contribution is 8.00. The maximum absolute atomic E-state index is 12.2. The van der Waals surface area contributed by atoms with E-state index in [2.05, 4.69) is 30.1 Å². The van der Waals surface area contributed by atoms with Crippen molar-refractivity contribution in [3.63, 3.8) is 0 Å². The average molecular weight is 333 g/mol. The minimum atomic E-state index is -0.258. The van der Waals surface area contributed by atoms with E-state index in [1.54, 1.807) is 0 Å². The molecule has 0 saturated carbocycles. The summed E-state index contributed by atoms with van der Waals surface area (Å²) in [5.41, 5.74) is 2.18. The first-order valence-electron chi connectivity index (χ1n) is 7.89. The number of hydrogen-bond donors (Lipinski definition) is 0. The molecule has 0 aliphatic rings. The van der Waals surface area contributed by atoms with E-state index in [-0.39, 0.29) is 11.2 Å². The molecular weight excluding hydrogens is 310 g/mol. The summed E-state index contributed by atoms with van der Waals surface area (Å²) in [6, 6.07) is 8.09. The number of thioether (sulfide) groups is 1. The van der Waals surface area contributed by atoms with E-state index in [0.717, 1.165) is 35.1 Å². The van der Waals surface area contributed by atoms with Gasteiger partial charge in [0, 0.05) is 0 Å². The Morgan fingerprint density at radius 1 is 1.26 bits per heavy atom. The molecule has 5 nitrogen and oxygen atoms in total. The van der Waals surface area contributed by atoms with Gasteiger partial charge in [0.25, 0.3) is 0 Å². The van der Waals surface area contributed by atoms with Crippen LogP contribution in [0.2, 0.25) is 0 Å². The van der Waals surface area contributed by atoms with Crippen LogP contribution in [0.3, 0.4) is 0 Å². The number of aromatic nitrogens is 3. The van der Waals surface area contributed by atoms with E-state index in [1.165, 1.54) is 11.8 Å². The van der Waals surface area contributed by atoms with E-state index in [0.29, 0.717) is 6.61 Å². The van der Waals surface area contributed by atoms with Gasteiger partial charge in [0.1, 0.15) is 11.1 Å². The Hall–Kier alpha value is -1.82. The molecule has 0 aliphatic heterocycles. The molecule has 1 atom stereocenters. The number of esters is 1. The highest BCUT2D eigenvalue weighted by atomic mass is 32.2. The van der Waals surface area contributed by atoms with Gasteiger partial charge in [-0.05, 0) is 38.8 Å². The van der Waals surface area contributed by atoms with Gasteiger partial charge in [-0.1, -0.05) is 43.3 Å². The topological polar surface area (TPSA) is 57.0 Å². The van der Waals surface area contributed by atoms with Crippen molar-refractivity contribution in [3.8, 4) is 5.69 Å². The van der Waals surface area contributed by atoms with Gasteiger partial charge < -0.3 is 4.74 Å². The lowest BCUT2D eigenvalue weighted by atomic mass is 10.2. The molecule has 124 valence electrons. The summed E-state index contributed by atoms with van der Waals surface area (Å²) in [5, 5.41) is 8.93. The van der Waals surface area contributed by atoms with Crippen molar-refractivity contribution in [2.75, 3.05) is 6.61 Å². The van der Waals surface area contributed by atoms with Crippen LogP contribution in [0, 0.1) is 13.8 Å². The smallest absolute Gasteiger partial charge is 0.319 e. The third-order valence-electron chi connectivity index (χ3n) is 3.50. The molecule has 1 heterocycles. The lowest BCUT2D eigenvalue weighted by Gasteiger charge is -2.16. The Balaban J connectivity index is 2.33. The van der Waals surface area contributed by atoms with Gasteiger partial charge in [-0.3, -0.25) is 9.36 Å². The molecule has 2 rings (SSSR count). The maximum atomic E-state index is 12.2. The van der Waals surface area contributed by atoms with Crippen molar-refractivity contribution in [2.24, 2.45) is 0 Å². The fourth-order valence-electron chi connectivity index (χ4n) is 2.36. The van der Waals surface area contributed by atoms with Crippen LogP contribution >= 0.6 is 11.8 Å². The Morgan fingerprint density at radius 2 is 2.00 bits per heavy atom. The fourth-order valence-corrected chi connectivity index (χ4v) is 3.56. The van der Waals surface area contributed by atoms with Crippen LogP contribution in [0.25, 0.3) is 5.69 Å². The fraction of sp³-hybridized carbons (Fsp3) is 0.471. The van der Waals surface area contributed by atoms with Crippen LogP contribution in [-0.4, -0.2) is 32.6 Å². The number of hydrogen-bond acceptors (Lipinski definition) is 5. The molecule has 0 fully saturated rings. The van der Waals surface area contributed by atoms with Crippen LogP contribution in [0.4, 0.5) is 0 Å². The zero-order valence-electron chi connectivity index (χ0n) is 14.1. The Morgan fingerprint density at radius 3 is 2.65 bits per heavy atom. The second-order valence-electron chi connectivity index (χ2n) is 5.30. The van der Waals surface area contributed by atoms with E-state index in [4.69, 9.17) is 4.74 Å². The monoisotopic (exact) mass is 333 g/mol.